The van der Waals surface area contributed by atoms with Crippen molar-refractivity contribution >= 4 is 5.97 Å². The molecule has 3 nitrogen and oxygen atoms in total. The Morgan fingerprint density at radius 3 is 2.53 bits per heavy atom. The highest BCUT2D eigenvalue weighted by Gasteiger charge is 2.21. The molecular formula is C12H14O3. The van der Waals surface area contributed by atoms with E-state index in [1.54, 1.807) is 12.1 Å². The summed E-state index contributed by atoms with van der Waals surface area (Å²) in [6.45, 7) is 4.78. The average molecular weight is 206 g/mol. The van der Waals surface area contributed by atoms with Gasteiger partial charge in [-0.25, -0.2) is 0 Å². The molecule has 0 unspecified atom stereocenters. The molecule has 0 amide bonds. The smallest absolute Gasteiger partial charge is 0.303 e. The Hall–Kier alpha value is -1.61. The predicted molar refractivity (Wildman–Crippen MR) is 57.2 cm³/mol. The van der Waals surface area contributed by atoms with E-state index in [1.807, 2.05) is 18.2 Å². The number of hydrogen-bond donors (Lipinski definition) is 1. The van der Waals surface area contributed by atoms with Crippen LogP contribution in [0.5, 0.6) is 0 Å². The van der Waals surface area contributed by atoms with Gasteiger partial charge in [0.25, 0.3) is 0 Å². The molecule has 80 valence electrons. The van der Waals surface area contributed by atoms with Crippen molar-refractivity contribution in [3.8, 4) is 0 Å². The second kappa shape index (κ2) is 5.32. The largest absolute Gasteiger partial charge is 0.455 e. The lowest BCUT2D eigenvalue weighted by molar-refractivity contribution is -0.151. The fourth-order valence-corrected chi connectivity index (χ4v) is 1.28. The fourth-order valence-electron chi connectivity index (χ4n) is 1.28. The number of carbonyl (C=O) groups is 1. The third kappa shape index (κ3) is 3.22. The Labute approximate surface area is 89.0 Å². The molecule has 0 heterocycles. The molecule has 0 bridgehead atoms. The molecule has 0 aliphatic carbocycles. The van der Waals surface area contributed by atoms with Crippen LogP contribution >= 0.6 is 0 Å². The molecule has 1 N–H and O–H groups in total. The summed E-state index contributed by atoms with van der Waals surface area (Å²) in [5.41, 5.74) is 0.750. The molecule has 0 spiro atoms. The highest BCUT2D eigenvalue weighted by atomic mass is 16.6. The summed E-state index contributed by atoms with van der Waals surface area (Å²) in [5.74, 6) is -0.426. The third-order valence-corrected chi connectivity index (χ3v) is 1.97. The molecule has 0 fully saturated rings. The van der Waals surface area contributed by atoms with Crippen molar-refractivity contribution in [3.05, 3.63) is 48.6 Å². The molecule has 0 saturated carbocycles. The second-order valence-electron chi connectivity index (χ2n) is 3.17. The Balaban J connectivity index is 2.90. The minimum absolute atomic E-state index is 0.426. The van der Waals surface area contributed by atoms with Crippen LogP contribution in [0, 0.1) is 0 Å². The molecule has 1 aromatic carbocycles. The third-order valence-electron chi connectivity index (χ3n) is 1.97. The Bertz CT molecular complexity index is 332. The van der Waals surface area contributed by atoms with Gasteiger partial charge in [0.2, 0.25) is 0 Å². The van der Waals surface area contributed by atoms with Gasteiger partial charge in [0.1, 0.15) is 6.10 Å². The summed E-state index contributed by atoms with van der Waals surface area (Å²) in [6.07, 6.45) is -0.224. The maximum atomic E-state index is 10.9. The molecular weight excluding hydrogens is 192 g/mol. The monoisotopic (exact) mass is 206 g/mol. The SMILES string of the molecule is C=C[C@H](O)[C@@H](OC(C)=O)c1ccccc1. The van der Waals surface area contributed by atoms with Gasteiger partial charge in [0, 0.05) is 6.92 Å². The Morgan fingerprint density at radius 2 is 2.07 bits per heavy atom. The van der Waals surface area contributed by atoms with Crippen molar-refractivity contribution in [2.75, 3.05) is 0 Å². The van der Waals surface area contributed by atoms with Crippen LogP contribution in [-0.2, 0) is 9.53 Å². The van der Waals surface area contributed by atoms with E-state index in [1.165, 1.54) is 13.0 Å². The summed E-state index contributed by atoms with van der Waals surface area (Å²) in [7, 11) is 0. The Kier molecular flexibility index (Phi) is 4.06. The number of aliphatic hydroxyl groups is 1. The minimum Gasteiger partial charge on any atom is -0.455 e. The van der Waals surface area contributed by atoms with Crippen molar-refractivity contribution in [2.24, 2.45) is 0 Å². The van der Waals surface area contributed by atoms with E-state index < -0.39 is 18.2 Å². The zero-order valence-corrected chi connectivity index (χ0v) is 8.59. The van der Waals surface area contributed by atoms with E-state index in [9.17, 15) is 9.90 Å². The summed E-state index contributed by atoms with van der Waals surface area (Å²) in [4.78, 5) is 10.9. The van der Waals surface area contributed by atoms with Crippen molar-refractivity contribution < 1.29 is 14.6 Å². The topological polar surface area (TPSA) is 46.5 Å². The van der Waals surface area contributed by atoms with Gasteiger partial charge in [0.05, 0.1) is 0 Å². The molecule has 1 rings (SSSR count). The van der Waals surface area contributed by atoms with Gasteiger partial charge < -0.3 is 9.84 Å². The first kappa shape index (κ1) is 11.5. The number of benzene rings is 1. The van der Waals surface area contributed by atoms with Crippen LogP contribution in [0.15, 0.2) is 43.0 Å². The van der Waals surface area contributed by atoms with Gasteiger partial charge in [-0.2, -0.15) is 0 Å². The first-order chi connectivity index (χ1) is 7.15. The average Bonchev–Trinajstić information content (AvgIpc) is 2.26. The molecule has 0 radical (unpaired) electrons. The number of carbonyl (C=O) groups excluding carboxylic acids is 1. The summed E-state index contributed by atoms with van der Waals surface area (Å²) in [6, 6.07) is 9.08. The van der Waals surface area contributed by atoms with Crippen molar-refractivity contribution in [1.29, 1.82) is 0 Å². The summed E-state index contributed by atoms with van der Waals surface area (Å²) >= 11 is 0. The van der Waals surface area contributed by atoms with Crippen LogP contribution < -0.4 is 0 Å². The zero-order valence-electron chi connectivity index (χ0n) is 8.59. The summed E-state index contributed by atoms with van der Waals surface area (Å²) < 4.78 is 5.03. The molecule has 3 heteroatoms. The van der Waals surface area contributed by atoms with E-state index in [2.05, 4.69) is 6.58 Å². The van der Waals surface area contributed by atoms with E-state index >= 15 is 0 Å². The van der Waals surface area contributed by atoms with Crippen molar-refractivity contribution in [3.63, 3.8) is 0 Å². The van der Waals surface area contributed by atoms with Crippen LogP contribution in [0.4, 0.5) is 0 Å². The molecule has 2 atom stereocenters. The molecule has 0 aliphatic rings. The highest BCUT2D eigenvalue weighted by Crippen LogP contribution is 2.21. The van der Waals surface area contributed by atoms with E-state index in [-0.39, 0.29) is 0 Å². The molecule has 0 aliphatic heterocycles. The molecule has 0 saturated heterocycles. The number of rotatable bonds is 4. The van der Waals surface area contributed by atoms with Crippen LogP contribution in [0.25, 0.3) is 0 Å². The van der Waals surface area contributed by atoms with E-state index in [0.29, 0.717) is 0 Å². The van der Waals surface area contributed by atoms with Crippen LogP contribution in [0.1, 0.15) is 18.6 Å². The standard InChI is InChI=1S/C12H14O3/c1-3-11(14)12(15-9(2)13)10-7-5-4-6-8-10/h3-8,11-12,14H,1H2,2H3/t11-,12-/m0/s1. The minimum atomic E-state index is -0.892. The lowest BCUT2D eigenvalue weighted by Gasteiger charge is -2.20. The Morgan fingerprint density at radius 1 is 1.47 bits per heavy atom. The predicted octanol–water partition coefficient (Wildman–Crippen LogP) is 1.84. The normalized spacial score (nSPS) is 14.0. The van der Waals surface area contributed by atoms with Crippen molar-refractivity contribution in [1.82, 2.24) is 0 Å². The fraction of sp³-hybridized carbons (Fsp3) is 0.250. The van der Waals surface area contributed by atoms with E-state index in [4.69, 9.17) is 4.74 Å². The molecule has 0 aromatic heterocycles. The van der Waals surface area contributed by atoms with Crippen molar-refractivity contribution in [2.45, 2.75) is 19.1 Å². The molecule has 1 aromatic rings. The molecule has 15 heavy (non-hydrogen) atoms. The van der Waals surface area contributed by atoms with E-state index in [0.717, 1.165) is 5.56 Å². The van der Waals surface area contributed by atoms with Crippen LogP contribution in [0.3, 0.4) is 0 Å². The van der Waals surface area contributed by atoms with Crippen LogP contribution in [0.2, 0.25) is 0 Å². The number of hydrogen-bond acceptors (Lipinski definition) is 3. The highest BCUT2D eigenvalue weighted by molar-refractivity contribution is 5.66. The quantitative estimate of drug-likeness (QED) is 0.604. The lowest BCUT2D eigenvalue weighted by atomic mass is 10.0. The first-order valence-electron chi connectivity index (χ1n) is 4.68. The first-order valence-corrected chi connectivity index (χ1v) is 4.68. The van der Waals surface area contributed by atoms with Gasteiger partial charge in [-0.05, 0) is 5.56 Å². The van der Waals surface area contributed by atoms with Gasteiger partial charge in [0.15, 0.2) is 6.10 Å². The van der Waals surface area contributed by atoms with Gasteiger partial charge in [-0.1, -0.05) is 36.4 Å². The lowest BCUT2D eigenvalue weighted by Crippen LogP contribution is -2.21. The summed E-state index contributed by atoms with van der Waals surface area (Å²) in [5, 5.41) is 9.62. The van der Waals surface area contributed by atoms with Crippen LogP contribution in [-0.4, -0.2) is 17.2 Å². The van der Waals surface area contributed by atoms with Gasteiger partial charge in [-0.3, -0.25) is 4.79 Å². The maximum absolute atomic E-state index is 10.9. The number of aliphatic hydroxyl groups excluding tert-OH is 1. The van der Waals surface area contributed by atoms with Gasteiger partial charge >= 0.3 is 5.97 Å². The maximum Gasteiger partial charge on any atom is 0.303 e. The number of ether oxygens (including phenoxy) is 1. The zero-order chi connectivity index (χ0) is 11.3. The van der Waals surface area contributed by atoms with Gasteiger partial charge in [-0.15, -0.1) is 6.58 Å². The second-order valence-corrected chi connectivity index (χ2v) is 3.17. The number of esters is 1.